The van der Waals surface area contributed by atoms with Crippen molar-refractivity contribution in [3.05, 3.63) is 114 Å². The predicted octanol–water partition coefficient (Wildman–Crippen LogP) is 6.20. The first-order chi connectivity index (χ1) is 19.2. The molecule has 210 valence electrons. The Labute approximate surface area is 239 Å². The molecule has 6 heteroatoms. The minimum Gasteiger partial charge on any atom is -0.534 e. The van der Waals surface area contributed by atoms with Crippen LogP contribution in [0.5, 0.6) is 17.2 Å². The molecule has 0 aromatic heterocycles. The highest BCUT2D eigenvalue weighted by Gasteiger charge is 2.52. The SMILES string of the molecule is COc1c([C@H](O)COCc2ccccc2)cc(O[Si](c2ccccc2)(c2ccccc2)C(C)(C)C)c(C)c1OC. The van der Waals surface area contributed by atoms with Crippen molar-refractivity contribution in [2.24, 2.45) is 0 Å². The van der Waals surface area contributed by atoms with Crippen molar-refractivity contribution in [3.8, 4) is 17.2 Å². The van der Waals surface area contributed by atoms with E-state index < -0.39 is 14.4 Å². The summed E-state index contributed by atoms with van der Waals surface area (Å²) in [5, 5.41) is 13.4. The molecule has 0 saturated carbocycles. The lowest BCUT2D eigenvalue weighted by molar-refractivity contribution is 0.0264. The Balaban J connectivity index is 1.81. The second kappa shape index (κ2) is 12.7. The quantitative estimate of drug-likeness (QED) is 0.223. The Bertz CT molecular complexity index is 1330. The first-order valence-corrected chi connectivity index (χ1v) is 15.5. The van der Waals surface area contributed by atoms with Crippen LogP contribution in [-0.4, -0.2) is 34.3 Å². The van der Waals surface area contributed by atoms with Gasteiger partial charge < -0.3 is 23.7 Å². The maximum atomic E-state index is 11.3. The van der Waals surface area contributed by atoms with Crippen LogP contribution >= 0.6 is 0 Å². The van der Waals surface area contributed by atoms with Gasteiger partial charge in [0.2, 0.25) is 0 Å². The third-order valence-corrected chi connectivity index (χ3v) is 12.2. The van der Waals surface area contributed by atoms with Gasteiger partial charge in [0.05, 0.1) is 27.4 Å². The fraction of sp³-hybridized carbons (Fsp3) is 0.294. The number of aliphatic hydroxyl groups excluding tert-OH is 1. The van der Waals surface area contributed by atoms with Gasteiger partial charge in [-0.1, -0.05) is 112 Å². The van der Waals surface area contributed by atoms with Crippen LogP contribution in [0.25, 0.3) is 0 Å². The van der Waals surface area contributed by atoms with Gasteiger partial charge in [0.15, 0.2) is 11.5 Å². The van der Waals surface area contributed by atoms with E-state index in [9.17, 15) is 5.11 Å². The summed E-state index contributed by atoms with van der Waals surface area (Å²) in [6.07, 6.45) is -0.949. The molecule has 4 aromatic carbocycles. The van der Waals surface area contributed by atoms with Gasteiger partial charge in [-0.2, -0.15) is 0 Å². The van der Waals surface area contributed by atoms with Crippen LogP contribution in [-0.2, 0) is 11.3 Å². The Morgan fingerprint density at radius 1 is 0.750 bits per heavy atom. The van der Waals surface area contributed by atoms with Gasteiger partial charge in [-0.05, 0) is 34.0 Å². The average Bonchev–Trinajstić information content (AvgIpc) is 2.97. The summed E-state index contributed by atoms with van der Waals surface area (Å²) in [4.78, 5) is 0. The van der Waals surface area contributed by atoms with Gasteiger partial charge in [0.25, 0.3) is 0 Å². The molecule has 0 bridgehead atoms. The fourth-order valence-electron chi connectivity index (χ4n) is 5.30. The van der Waals surface area contributed by atoms with Crippen LogP contribution in [0.15, 0.2) is 97.1 Å². The van der Waals surface area contributed by atoms with Crippen molar-refractivity contribution in [2.75, 3.05) is 20.8 Å². The topological polar surface area (TPSA) is 57.2 Å². The lowest BCUT2D eigenvalue weighted by Crippen LogP contribution is -2.68. The van der Waals surface area contributed by atoms with E-state index in [2.05, 4.69) is 69.3 Å². The van der Waals surface area contributed by atoms with Crippen LogP contribution in [0.4, 0.5) is 0 Å². The summed E-state index contributed by atoms with van der Waals surface area (Å²) in [5.41, 5.74) is 2.42. The monoisotopic (exact) mass is 556 g/mol. The normalized spacial score (nSPS) is 12.6. The molecule has 4 aromatic rings. The Kier molecular flexibility index (Phi) is 9.35. The summed E-state index contributed by atoms with van der Waals surface area (Å²) in [5.74, 6) is 1.67. The zero-order valence-electron chi connectivity index (χ0n) is 24.3. The Morgan fingerprint density at radius 3 is 1.73 bits per heavy atom. The first-order valence-electron chi connectivity index (χ1n) is 13.6. The lowest BCUT2D eigenvalue weighted by Gasteiger charge is -2.43. The van der Waals surface area contributed by atoms with E-state index in [4.69, 9.17) is 18.6 Å². The molecule has 4 rings (SSSR count). The summed E-state index contributed by atoms with van der Waals surface area (Å²) in [7, 11) is 0.274. The van der Waals surface area contributed by atoms with Crippen LogP contribution in [0.1, 0.15) is 43.6 Å². The van der Waals surface area contributed by atoms with E-state index in [1.54, 1.807) is 14.2 Å². The molecule has 40 heavy (non-hydrogen) atoms. The minimum absolute atomic E-state index is 0.0934. The molecular weight excluding hydrogens is 516 g/mol. The van der Waals surface area contributed by atoms with Crippen molar-refractivity contribution >= 4 is 18.7 Å². The van der Waals surface area contributed by atoms with E-state index in [-0.39, 0.29) is 11.6 Å². The smallest absolute Gasteiger partial charge is 0.319 e. The molecule has 0 radical (unpaired) electrons. The Morgan fingerprint density at radius 2 is 1.25 bits per heavy atom. The lowest BCUT2D eigenvalue weighted by atomic mass is 10.0. The molecule has 0 unspecified atom stereocenters. The van der Waals surface area contributed by atoms with E-state index in [0.29, 0.717) is 29.4 Å². The molecule has 0 spiro atoms. The van der Waals surface area contributed by atoms with Crippen LogP contribution < -0.4 is 24.3 Å². The number of rotatable bonds is 11. The zero-order valence-corrected chi connectivity index (χ0v) is 25.3. The van der Waals surface area contributed by atoms with E-state index >= 15 is 0 Å². The third-order valence-electron chi connectivity index (χ3n) is 7.30. The van der Waals surface area contributed by atoms with Gasteiger partial charge in [0.1, 0.15) is 11.9 Å². The van der Waals surface area contributed by atoms with Crippen molar-refractivity contribution in [2.45, 2.75) is 45.4 Å². The van der Waals surface area contributed by atoms with Crippen LogP contribution in [0, 0.1) is 6.92 Å². The van der Waals surface area contributed by atoms with Gasteiger partial charge in [0, 0.05) is 11.1 Å². The van der Waals surface area contributed by atoms with E-state index in [1.807, 2.05) is 55.5 Å². The Hall–Kier alpha value is -3.58. The first kappa shape index (κ1) is 29.4. The summed E-state index contributed by atoms with van der Waals surface area (Å²) in [6.45, 7) is 9.18. The molecule has 0 fully saturated rings. The van der Waals surface area contributed by atoms with Crippen molar-refractivity contribution < 1.29 is 23.7 Å². The fourth-order valence-corrected chi connectivity index (χ4v) is 9.78. The average molecular weight is 557 g/mol. The second-order valence-corrected chi connectivity index (χ2v) is 15.2. The summed E-state index contributed by atoms with van der Waals surface area (Å²) < 4.78 is 24.8. The molecule has 0 amide bonds. The predicted molar refractivity (Wildman–Crippen MR) is 164 cm³/mol. The highest BCUT2D eigenvalue weighted by atomic mass is 28.4. The van der Waals surface area contributed by atoms with E-state index in [0.717, 1.165) is 21.5 Å². The number of methoxy groups -OCH3 is 2. The van der Waals surface area contributed by atoms with E-state index in [1.165, 1.54) is 0 Å². The number of ether oxygens (including phenoxy) is 3. The third kappa shape index (κ3) is 5.94. The molecule has 0 heterocycles. The molecular formula is C34H40O5Si. The second-order valence-electron chi connectivity index (χ2n) is 10.9. The minimum atomic E-state index is -2.92. The van der Waals surface area contributed by atoms with Gasteiger partial charge in [-0.3, -0.25) is 0 Å². The van der Waals surface area contributed by atoms with Gasteiger partial charge >= 0.3 is 8.32 Å². The molecule has 1 atom stereocenters. The van der Waals surface area contributed by atoms with Gasteiger partial charge in [-0.25, -0.2) is 0 Å². The molecule has 0 aliphatic carbocycles. The largest absolute Gasteiger partial charge is 0.534 e. The molecule has 0 saturated heterocycles. The van der Waals surface area contributed by atoms with Crippen molar-refractivity contribution in [1.29, 1.82) is 0 Å². The zero-order chi connectivity index (χ0) is 28.8. The van der Waals surface area contributed by atoms with Crippen LogP contribution in [0.2, 0.25) is 5.04 Å². The standard InChI is InChI=1S/C34H40O5Si/c1-25-31(39-40(34(2,3)4,27-18-12-8-13-19-27)28-20-14-9-15-21-28)22-29(33(37-6)32(25)36-5)30(35)24-38-23-26-16-10-7-11-17-26/h7-22,30,35H,23-24H2,1-6H3/t30-/m1/s1. The summed E-state index contributed by atoms with van der Waals surface area (Å²) >= 11 is 0. The summed E-state index contributed by atoms with van der Waals surface area (Å²) in [6, 6.07) is 32.8. The maximum absolute atomic E-state index is 11.3. The molecule has 0 aliphatic heterocycles. The number of aliphatic hydroxyl groups is 1. The highest BCUT2D eigenvalue weighted by molar-refractivity contribution is 7.00. The maximum Gasteiger partial charge on any atom is 0.319 e. The van der Waals surface area contributed by atoms with Crippen molar-refractivity contribution in [1.82, 2.24) is 0 Å². The van der Waals surface area contributed by atoms with Crippen molar-refractivity contribution in [3.63, 3.8) is 0 Å². The molecule has 0 aliphatic rings. The number of hydrogen-bond acceptors (Lipinski definition) is 5. The molecule has 1 N–H and O–H groups in total. The van der Waals surface area contributed by atoms with Gasteiger partial charge in [-0.15, -0.1) is 0 Å². The highest BCUT2D eigenvalue weighted by Crippen LogP contribution is 2.45. The number of hydrogen-bond donors (Lipinski definition) is 1. The molecule has 5 nitrogen and oxygen atoms in total. The van der Waals surface area contributed by atoms with Crippen LogP contribution in [0.3, 0.4) is 0 Å². The number of benzene rings is 4.